The number of hydrogen-bond acceptors (Lipinski definition) is 5. The summed E-state index contributed by atoms with van der Waals surface area (Å²) in [4.78, 5) is 14.0. The van der Waals surface area contributed by atoms with Crippen molar-refractivity contribution in [3.8, 4) is 0 Å². The average molecular weight is 684 g/mol. The Morgan fingerprint density at radius 3 is 2.59 bits per heavy atom. The minimum atomic E-state index is 0.209. The molecule has 1 aliphatic heterocycles. The van der Waals surface area contributed by atoms with Gasteiger partial charge in [0, 0.05) is 63.3 Å². The van der Waals surface area contributed by atoms with E-state index >= 15 is 0 Å². The fraction of sp³-hybridized carbons (Fsp3) is 0.261. The Kier molecular flexibility index (Phi) is 7.64. The summed E-state index contributed by atoms with van der Waals surface area (Å²) in [6.07, 6.45) is 29.6. The lowest BCUT2D eigenvalue weighted by molar-refractivity contribution is 0.435. The Morgan fingerprint density at radius 2 is 1.67 bits per heavy atom. The first-order valence-electron chi connectivity index (χ1n) is 18.6. The van der Waals surface area contributed by atoms with Crippen LogP contribution in [0.5, 0.6) is 0 Å². The van der Waals surface area contributed by atoms with Gasteiger partial charge in [0.25, 0.3) is 0 Å². The maximum atomic E-state index is 7.22. The third-order valence-electron chi connectivity index (χ3n) is 11.8. The highest BCUT2D eigenvalue weighted by atomic mass is 32.1. The summed E-state index contributed by atoms with van der Waals surface area (Å²) in [6, 6.07) is 24.5. The van der Waals surface area contributed by atoms with Crippen LogP contribution in [0.2, 0.25) is 0 Å². The lowest BCUT2D eigenvalue weighted by Gasteiger charge is -2.29. The van der Waals surface area contributed by atoms with Gasteiger partial charge in [0.1, 0.15) is 5.76 Å². The summed E-state index contributed by atoms with van der Waals surface area (Å²) < 4.78 is 8.47. The molecule has 3 heterocycles. The molecule has 4 aliphatic carbocycles. The summed E-state index contributed by atoms with van der Waals surface area (Å²) >= 11 is 1.83. The monoisotopic (exact) mass is 683 g/mol. The number of fused-ring (bicyclic) bond motifs is 9. The van der Waals surface area contributed by atoms with Crippen molar-refractivity contribution in [2.24, 2.45) is 21.8 Å². The molecule has 0 amide bonds. The zero-order chi connectivity index (χ0) is 33.9. The second kappa shape index (κ2) is 12.6. The van der Waals surface area contributed by atoms with Gasteiger partial charge >= 0.3 is 0 Å². The summed E-state index contributed by atoms with van der Waals surface area (Å²) in [5.74, 6) is 2.53. The maximum Gasteiger partial charge on any atom is 0.158 e. The Balaban J connectivity index is 1.13. The molecule has 4 unspecified atom stereocenters. The first-order valence-corrected chi connectivity index (χ1v) is 19.4. The van der Waals surface area contributed by atoms with Gasteiger partial charge in [0.05, 0.1) is 28.0 Å². The number of hydrogen-bond donors (Lipinski definition) is 0. The molecule has 0 saturated carbocycles. The summed E-state index contributed by atoms with van der Waals surface area (Å²) in [5.41, 5.74) is 9.32. The molecule has 5 atom stereocenters. The molecule has 5 aliphatic rings. The third kappa shape index (κ3) is 5.00. The number of rotatable bonds is 5. The van der Waals surface area contributed by atoms with Gasteiger partial charge in [-0.25, -0.2) is 0 Å². The van der Waals surface area contributed by atoms with Crippen LogP contribution in [-0.2, 0) is 0 Å². The number of nitrogens with zero attached hydrogens (tertiary/aromatic N) is 3. The molecular weight excluding hydrogens is 643 g/mol. The summed E-state index contributed by atoms with van der Waals surface area (Å²) in [6.45, 7) is 0. The van der Waals surface area contributed by atoms with E-state index in [2.05, 4.69) is 133 Å². The molecule has 0 fully saturated rings. The van der Waals surface area contributed by atoms with Crippen LogP contribution >= 0.6 is 11.3 Å². The molecule has 0 radical (unpaired) electrons. The van der Waals surface area contributed by atoms with E-state index in [0.717, 1.165) is 60.4 Å². The molecule has 4 nitrogen and oxygen atoms in total. The second-order valence-corrected chi connectivity index (χ2v) is 15.6. The van der Waals surface area contributed by atoms with Crippen LogP contribution in [0.1, 0.15) is 72.1 Å². The van der Waals surface area contributed by atoms with Crippen molar-refractivity contribution in [1.82, 2.24) is 0 Å². The number of aliphatic imine (C=N–C) groups is 2. The molecule has 0 saturated heterocycles. The highest BCUT2D eigenvalue weighted by molar-refractivity contribution is 7.21. The van der Waals surface area contributed by atoms with Gasteiger partial charge < -0.3 is 9.32 Å². The Bertz CT molecular complexity index is 2400. The Hall–Kier alpha value is -5.00. The minimum absolute atomic E-state index is 0.209. The maximum absolute atomic E-state index is 7.22. The van der Waals surface area contributed by atoms with Crippen LogP contribution in [0.15, 0.2) is 136 Å². The summed E-state index contributed by atoms with van der Waals surface area (Å²) in [5, 5.41) is 2.41. The van der Waals surface area contributed by atoms with E-state index in [1.807, 2.05) is 18.4 Å². The molecule has 10 rings (SSSR count). The Morgan fingerprint density at radius 1 is 0.824 bits per heavy atom. The second-order valence-electron chi connectivity index (χ2n) is 14.5. The van der Waals surface area contributed by atoms with Crippen LogP contribution in [0, 0.1) is 11.8 Å². The van der Waals surface area contributed by atoms with Gasteiger partial charge in [-0.1, -0.05) is 103 Å². The molecule has 2 aromatic heterocycles. The van der Waals surface area contributed by atoms with Crippen molar-refractivity contribution in [2.45, 2.75) is 56.4 Å². The van der Waals surface area contributed by atoms with E-state index in [4.69, 9.17) is 14.4 Å². The fourth-order valence-corrected chi connectivity index (χ4v) is 10.6. The molecule has 5 heteroatoms. The highest BCUT2D eigenvalue weighted by Crippen LogP contribution is 2.52. The molecular formula is C46H41N3OS. The normalized spacial score (nSPS) is 25.3. The lowest BCUT2D eigenvalue weighted by Crippen LogP contribution is -2.28. The van der Waals surface area contributed by atoms with Crippen molar-refractivity contribution in [3.63, 3.8) is 0 Å². The van der Waals surface area contributed by atoms with E-state index in [1.54, 1.807) is 0 Å². The van der Waals surface area contributed by atoms with Crippen molar-refractivity contribution in [2.75, 3.05) is 11.9 Å². The van der Waals surface area contributed by atoms with Crippen LogP contribution in [0.4, 0.5) is 17.1 Å². The SMILES string of the molecule is CN=C(c1sc2ccccc2c1N=CC1=CC[C@@H]2CCC=CC2c2c1oc1c(N3c4ccccc4C4C=CC=CC43)cccc21)C1CC=CCC1. The van der Waals surface area contributed by atoms with Gasteiger partial charge in [-0.3, -0.25) is 9.98 Å². The van der Waals surface area contributed by atoms with Gasteiger partial charge in [-0.2, -0.15) is 0 Å². The number of anilines is 2. The molecule has 3 aromatic carbocycles. The van der Waals surface area contributed by atoms with Crippen LogP contribution in [-0.4, -0.2) is 25.0 Å². The number of benzene rings is 3. The average Bonchev–Trinajstić information content (AvgIpc) is 3.82. The number of furan rings is 1. The van der Waals surface area contributed by atoms with Gasteiger partial charge in [0.2, 0.25) is 0 Å². The third-order valence-corrected chi connectivity index (χ3v) is 13.0. The Labute approximate surface area is 303 Å². The standard InChI is InChI=1S/C46H41N3OS/c1-47-42(30-15-3-2-4-16-30)46-43(35-20-9-12-25-40(35)51-46)48-28-31-27-26-29-14-5-6-17-32(29)41-36-21-13-24-39(45(36)50-44(31)41)49-37-22-10-7-18-33(37)34-19-8-11-23-38(34)49/h2-3,6-13,17-25,27-30,32-33,37H,4-5,14-16,26H2,1H3/t29-,30?,32?,33?,37?/m0/s1. The van der Waals surface area contributed by atoms with Crippen LogP contribution in [0.25, 0.3) is 26.6 Å². The minimum Gasteiger partial charge on any atom is -0.454 e. The van der Waals surface area contributed by atoms with Crippen LogP contribution < -0.4 is 4.90 Å². The predicted octanol–water partition coefficient (Wildman–Crippen LogP) is 12.4. The first kappa shape index (κ1) is 30.8. The molecule has 51 heavy (non-hydrogen) atoms. The molecule has 252 valence electrons. The quantitative estimate of drug-likeness (QED) is 0.137. The molecule has 0 spiro atoms. The predicted molar refractivity (Wildman–Crippen MR) is 216 cm³/mol. The van der Waals surface area contributed by atoms with Crippen molar-refractivity contribution in [1.29, 1.82) is 0 Å². The van der Waals surface area contributed by atoms with E-state index in [0.29, 0.717) is 23.7 Å². The van der Waals surface area contributed by atoms with Gasteiger partial charge in [-0.05, 0) is 68.2 Å². The van der Waals surface area contributed by atoms with Gasteiger partial charge in [0.15, 0.2) is 5.58 Å². The molecule has 0 bridgehead atoms. The van der Waals surface area contributed by atoms with Crippen LogP contribution in [0.3, 0.4) is 0 Å². The van der Waals surface area contributed by atoms with E-state index in [-0.39, 0.29) is 6.04 Å². The fourth-order valence-electron chi connectivity index (χ4n) is 9.38. The zero-order valence-electron chi connectivity index (χ0n) is 28.9. The van der Waals surface area contributed by atoms with E-state index in [1.165, 1.54) is 49.3 Å². The number of allylic oxidation sites excluding steroid dienone is 8. The zero-order valence-corrected chi connectivity index (χ0v) is 29.7. The van der Waals surface area contributed by atoms with Crippen molar-refractivity contribution >= 4 is 67.0 Å². The topological polar surface area (TPSA) is 41.1 Å². The summed E-state index contributed by atoms with van der Waals surface area (Å²) in [7, 11) is 1.95. The molecule has 0 N–H and O–H groups in total. The van der Waals surface area contributed by atoms with E-state index < -0.39 is 0 Å². The van der Waals surface area contributed by atoms with Crippen molar-refractivity contribution in [3.05, 3.63) is 143 Å². The van der Waals surface area contributed by atoms with Gasteiger partial charge in [-0.15, -0.1) is 11.3 Å². The largest absolute Gasteiger partial charge is 0.454 e. The molecule has 5 aromatic rings. The first-order chi connectivity index (χ1) is 25.3. The van der Waals surface area contributed by atoms with Crippen molar-refractivity contribution < 1.29 is 4.42 Å². The van der Waals surface area contributed by atoms with E-state index in [9.17, 15) is 0 Å². The highest BCUT2D eigenvalue weighted by Gasteiger charge is 2.39. The number of thiophene rings is 1. The lowest BCUT2D eigenvalue weighted by atomic mass is 9.78. The smallest absolute Gasteiger partial charge is 0.158 e. The number of para-hydroxylation sites is 2.